The number of hydrogen-bond acceptors (Lipinski definition) is 4. The Morgan fingerprint density at radius 1 is 1.63 bits per heavy atom. The third-order valence-corrected chi connectivity index (χ3v) is 4.92. The highest BCUT2D eigenvalue weighted by atomic mass is 32.1. The van der Waals surface area contributed by atoms with Crippen molar-refractivity contribution in [1.29, 1.82) is 0 Å². The molecular weight excluding hydrogens is 262 g/mol. The first-order valence-electron chi connectivity index (χ1n) is 6.80. The summed E-state index contributed by atoms with van der Waals surface area (Å²) in [6.45, 7) is 4.30. The Balaban J connectivity index is 1.63. The first kappa shape index (κ1) is 12.9. The molecule has 5 nitrogen and oxygen atoms in total. The van der Waals surface area contributed by atoms with Gasteiger partial charge in [0.15, 0.2) is 0 Å². The van der Waals surface area contributed by atoms with Gasteiger partial charge in [0, 0.05) is 24.0 Å². The van der Waals surface area contributed by atoms with Gasteiger partial charge in [-0.05, 0) is 19.8 Å². The van der Waals surface area contributed by atoms with Crippen molar-refractivity contribution >= 4 is 17.4 Å². The molecule has 19 heavy (non-hydrogen) atoms. The number of likely N-dealkylation sites (tertiary alicyclic amines) is 1. The summed E-state index contributed by atoms with van der Waals surface area (Å²) in [6.07, 6.45) is 4.02. The third-order valence-electron chi connectivity index (χ3n) is 3.96. The van der Waals surface area contributed by atoms with Crippen molar-refractivity contribution in [1.82, 2.24) is 15.2 Å². The van der Waals surface area contributed by atoms with Gasteiger partial charge in [-0.15, -0.1) is 11.3 Å². The fraction of sp³-hybridized carbons (Fsp3) is 0.692. The first-order chi connectivity index (χ1) is 9.25. The zero-order valence-corrected chi connectivity index (χ0v) is 11.9. The van der Waals surface area contributed by atoms with E-state index in [2.05, 4.69) is 10.3 Å². The predicted molar refractivity (Wildman–Crippen MR) is 73.1 cm³/mol. The van der Waals surface area contributed by atoms with Crippen LogP contribution in [0.15, 0.2) is 11.6 Å². The topological polar surface area (TPSA) is 54.5 Å². The molecule has 0 aliphatic carbocycles. The Bertz CT molecular complexity index is 437. The number of aromatic nitrogens is 1. The van der Waals surface area contributed by atoms with Crippen molar-refractivity contribution in [2.24, 2.45) is 5.92 Å². The fourth-order valence-electron chi connectivity index (χ4n) is 2.93. The van der Waals surface area contributed by atoms with Crippen LogP contribution >= 0.6 is 11.3 Å². The normalized spacial score (nSPS) is 27.9. The van der Waals surface area contributed by atoms with E-state index in [0.29, 0.717) is 12.5 Å². The molecule has 0 bridgehead atoms. The zero-order valence-electron chi connectivity index (χ0n) is 11.0. The number of ether oxygens (including phenoxy) is 1. The van der Waals surface area contributed by atoms with Gasteiger partial charge in [0.05, 0.1) is 25.3 Å². The smallest absolute Gasteiger partial charge is 0.318 e. The van der Waals surface area contributed by atoms with E-state index in [9.17, 15) is 4.79 Å². The molecule has 2 fully saturated rings. The predicted octanol–water partition coefficient (Wildman–Crippen LogP) is 2.02. The lowest BCUT2D eigenvalue weighted by Crippen LogP contribution is -2.52. The Labute approximate surface area is 117 Å². The quantitative estimate of drug-likeness (QED) is 0.902. The largest absolute Gasteiger partial charge is 0.379 e. The number of carbonyl (C=O) groups excluding carboxylic acids is 1. The highest BCUT2D eigenvalue weighted by molar-refractivity contribution is 7.09. The van der Waals surface area contributed by atoms with Crippen molar-refractivity contribution in [3.63, 3.8) is 0 Å². The molecule has 0 aromatic carbocycles. The van der Waals surface area contributed by atoms with Gasteiger partial charge in [0.1, 0.15) is 5.01 Å². The molecule has 2 saturated heterocycles. The molecule has 1 aromatic heterocycles. The van der Waals surface area contributed by atoms with Crippen LogP contribution in [-0.2, 0) is 4.74 Å². The van der Waals surface area contributed by atoms with Crippen molar-refractivity contribution in [2.75, 3.05) is 19.8 Å². The number of thiazole rings is 1. The Kier molecular flexibility index (Phi) is 3.70. The number of piperidine rings is 1. The number of nitrogens with zero attached hydrogens (tertiary/aromatic N) is 2. The van der Waals surface area contributed by atoms with E-state index in [4.69, 9.17) is 4.74 Å². The second kappa shape index (κ2) is 5.46. The van der Waals surface area contributed by atoms with Crippen molar-refractivity contribution in [3.05, 3.63) is 16.6 Å². The van der Waals surface area contributed by atoms with Crippen LogP contribution in [0, 0.1) is 5.92 Å². The minimum absolute atomic E-state index is 0.0166. The van der Waals surface area contributed by atoms with Crippen LogP contribution in [0.25, 0.3) is 0 Å². The molecule has 2 aliphatic heterocycles. The van der Waals surface area contributed by atoms with Gasteiger partial charge in [-0.3, -0.25) is 0 Å². The summed E-state index contributed by atoms with van der Waals surface area (Å²) in [5.41, 5.74) is 0. The van der Waals surface area contributed by atoms with Crippen LogP contribution in [0.1, 0.15) is 30.8 Å². The van der Waals surface area contributed by atoms with Crippen LogP contribution in [0.3, 0.4) is 0 Å². The molecule has 104 valence electrons. The number of hydrogen-bond donors (Lipinski definition) is 1. The molecule has 1 N–H and O–H groups in total. The number of nitrogens with one attached hydrogen (secondary N) is 1. The summed E-state index contributed by atoms with van der Waals surface area (Å²) in [7, 11) is 0. The van der Waals surface area contributed by atoms with E-state index in [-0.39, 0.29) is 18.1 Å². The Morgan fingerprint density at radius 2 is 2.53 bits per heavy atom. The van der Waals surface area contributed by atoms with Crippen molar-refractivity contribution in [3.8, 4) is 0 Å². The summed E-state index contributed by atoms with van der Waals surface area (Å²) in [4.78, 5) is 18.6. The summed E-state index contributed by atoms with van der Waals surface area (Å²) >= 11 is 1.57. The molecule has 3 rings (SSSR count). The summed E-state index contributed by atoms with van der Waals surface area (Å²) in [5.74, 6) is 0.523. The van der Waals surface area contributed by atoms with Gasteiger partial charge in [0.2, 0.25) is 0 Å². The maximum Gasteiger partial charge on any atom is 0.318 e. The number of carbonyl (C=O) groups is 1. The summed E-state index contributed by atoms with van der Waals surface area (Å²) in [6, 6.07) is 0.246. The molecule has 6 heteroatoms. The average Bonchev–Trinajstić information content (AvgIpc) is 3.08. The SMILES string of the molecule is CC(NC(=O)N1CCC[C@H]2COC[C@H]21)c1nccs1. The molecule has 3 heterocycles. The van der Waals surface area contributed by atoms with Gasteiger partial charge in [-0.25, -0.2) is 9.78 Å². The minimum Gasteiger partial charge on any atom is -0.379 e. The number of fused-ring (bicyclic) bond motifs is 1. The van der Waals surface area contributed by atoms with Gasteiger partial charge >= 0.3 is 6.03 Å². The highest BCUT2D eigenvalue weighted by Gasteiger charge is 2.38. The van der Waals surface area contributed by atoms with E-state index >= 15 is 0 Å². The van der Waals surface area contributed by atoms with E-state index < -0.39 is 0 Å². The third kappa shape index (κ3) is 2.60. The molecular formula is C13H19N3O2S. The van der Waals surface area contributed by atoms with Crippen LogP contribution in [-0.4, -0.2) is 41.7 Å². The van der Waals surface area contributed by atoms with Gasteiger partial charge < -0.3 is 15.0 Å². The van der Waals surface area contributed by atoms with E-state index in [1.54, 1.807) is 17.5 Å². The summed E-state index contributed by atoms with van der Waals surface area (Å²) in [5, 5.41) is 5.92. The molecule has 2 amide bonds. The minimum atomic E-state index is -0.0322. The van der Waals surface area contributed by atoms with Crippen molar-refractivity contribution < 1.29 is 9.53 Å². The molecule has 2 aliphatic rings. The van der Waals surface area contributed by atoms with Gasteiger partial charge in [-0.1, -0.05) is 0 Å². The highest BCUT2D eigenvalue weighted by Crippen LogP contribution is 2.29. The standard InChI is InChI=1S/C13H19N3O2S/c1-9(12-14-4-6-19-12)15-13(17)16-5-2-3-10-7-18-8-11(10)16/h4,6,9-11H,2-3,5,7-8H2,1H3,(H,15,17)/t9?,10-,11+/m0/s1. The number of rotatable bonds is 2. The lowest BCUT2D eigenvalue weighted by molar-refractivity contribution is 0.128. The second-order valence-electron chi connectivity index (χ2n) is 5.24. The van der Waals surface area contributed by atoms with Gasteiger partial charge in [0.25, 0.3) is 0 Å². The first-order valence-corrected chi connectivity index (χ1v) is 7.68. The lowest BCUT2D eigenvalue weighted by atomic mass is 9.92. The van der Waals surface area contributed by atoms with Crippen LogP contribution in [0.4, 0.5) is 4.79 Å². The van der Waals surface area contributed by atoms with Crippen LogP contribution < -0.4 is 5.32 Å². The maximum atomic E-state index is 12.4. The Hall–Kier alpha value is -1.14. The second-order valence-corrected chi connectivity index (χ2v) is 6.17. The molecule has 1 aromatic rings. The lowest BCUT2D eigenvalue weighted by Gasteiger charge is -2.36. The van der Waals surface area contributed by atoms with E-state index in [1.807, 2.05) is 17.2 Å². The molecule has 0 saturated carbocycles. The number of amides is 2. The zero-order chi connectivity index (χ0) is 13.2. The summed E-state index contributed by atoms with van der Waals surface area (Å²) < 4.78 is 5.52. The maximum absolute atomic E-state index is 12.4. The molecule has 1 unspecified atom stereocenters. The average molecular weight is 281 g/mol. The monoisotopic (exact) mass is 281 g/mol. The van der Waals surface area contributed by atoms with Gasteiger partial charge in [-0.2, -0.15) is 0 Å². The van der Waals surface area contributed by atoms with Crippen LogP contribution in [0.5, 0.6) is 0 Å². The van der Waals surface area contributed by atoms with Crippen LogP contribution in [0.2, 0.25) is 0 Å². The van der Waals surface area contributed by atoms with E-state index in [1.165, 1.54) is 6.42 Å². The number of urea groups is 1. The molecule has 0 radical (unpaired) electrons. The molecule has 0 spiro atoms. The van der Waals surface area contributed by atoms with Crippen molar-refractivity contribution in [2.45, 2.75) is 31.8 Å². The fourth-order valence-corrected chi connectivity index (χ4v) is 3.57. The van der Waals surface area contributed by atoms with E-state index in [0.717, 1.165) is 24.6 Å². The molecule has 3 atom stereocenters. The Morgan fingerprint density at radius 3 is 3.32 bits per heavy atom.